The van der Waals surface area contributed by atoms with E-state index in [1.165, 1.54) is 0 Å². The fourth-order valence-corrected chi connectivity index (χ4v) is 1.60. The van der Waals surface area contributed by atoms with E-state index >= 15 is 0 Å². The van der Waals surface area contributed by atoms with Gasteiger partial charge in [0.2, 0.25) is 0 Å². The summed E-state index contributed by atoms with van der Waals surface area (Å²) in [6, 6.07) is 6.63. The second-order valence-electron chi connectivity index (χ2n) is 3.60. The Kier molecular flexibility index (Phi) is 3.01. The van der Waals surface area contributed by atoms with E-state index in [1.807, 2.05) is 6.92 Å². The highest BCUT2D eigenvalue weighted by atomic mass is 35.5. The van der Waals surface area contributed by atoms with Gasteiger partial charge < -0.3 is 11.1 Å². The molecule has 88 valence electrons. The number of carbonyl (C=O) groups is 1. The average Bonchev–Trinajstić information content (AvgIpc) is 2.68. The quantitative estimate of drug-likeness (QED) is 0.715. The molecule has 1 aromatic carbocycles. The maximum absolute atomic E-state index is 11.9. The van der Waals surface area contributed by atoms with Crippen LogP contribution in [-0.4, -0.2) is 16.1 Å². The van der Waals surface area contributed by atoms with Gasteiger partial charge in [0.1, 0.15) is 0 Å². The van der Waals surface area contributed by atoms with E-state index in [4.69, 9.17) is 17.3 Å². The van der Waals surface area contributed by atoms with Gasteiger partial charge in [0.05, 0.1) is 16.3 Å². The van der Waals surface area contributed by atoms with Crippen LogP contribution >= 0.6 is 11.6 Å². The Bertz CT molecular complexity index is 564. The summed E-state index contributed by atoms with van der Waals surface area (Å²) in [6.07, 6.45) is 0. The summed E-state index contributed by atoms with van der Waals surface area (Å²) in [5.74, 6) is 0.111. The van der Waals surface area contributed by atoms with Crippen molar-refractivity contribution in [1.29, 1.82) is 0 Å². The summed E-state index contributed by atoms with van der Waals surface area (Å²) in [6.45, 7) is 1.84. The zero-order valence-corrected chi connectivity index (χ0v) is 9.88. The first kappa shape index (κ1) is 11.5. The first-order valence-electron chi connectivity index (χ1n) is 4.95. The van der Waals surface area contributed by atoms with Gasteiger partial charge in [-0.1, -0.05) is 17.7 Å². The predicted octanol–water partition coefficient (Wildman–Crippen LogP) is 2.21. The molecule has 0 aliphatic rings. The maximum Gasteiger partial charge on any atom is 0.258 e. The number of aromatic amines is 1. The number of anilines is 2. The lowest BCUT2D eigenvalue weighted by atomic mass is 10.2. The third-order valence-electron chi connectivity index (χ3n) is 2.22. The standard InChI is InChI=1S/C11H11ClN4O/c1-6-5-9(16-15-6)14-11(17)7-3-2-4-8(13)10(7)12/h2-5H,13H2,1H3,(H2,14,15,16,17). The molecule has 0 saturated heterocycles. The van der Waals surface area contributed by atoms with Gasteiger partial charge in [0.25, 0.3) is 5.91 Å². The topological polar surface area (TPSA) is 83.8 Å². The maximum atomic E-state index is 11.9. The van der Waals surface area contributed by atoms with Crippen molar-refractivity contribution in [1.82, 2.24) is 10.2 Å². The summed E-state index contributed by atoms with van der Waals surface area (Å²) in [5, 5.41) is 9.50. The average molecular weight is 251 g/mol. The summed E-state index contributed by atoms with van der Waals surface area (Å²) >= 11 is 5.95. The number of nitrogens with two attached hydrogens (primary N) is 1. The number of aromatic nitrogens is 2. The zero-order valence-electron chi connectivity index (χ0n) is 9.12. The predicted molar refractivity (Wildman–Crippen MR) is 67.1 cm³/mol. The number of hydrogen-bond acceptors (Lipinski definition) is 3. The van der Waals surface area contributed by atoms with Crippen molar-refractivity contribution in [3.8, 4) is 0 Å². The van der Waals surface area contributed by atoms with Gasteiger partial charge >= 0.3 is 0 Å². The summed E-state index contributed by atoms with van der Waals surface area (Å²) in [7, 11) is 0. The summed E-state index contributed by atoms with van der Waals surface area (Å²) in [4.78, 5) is 11.9. The molecule has 0 aliphatic carbocycles. The van der Waals surface area contributed by atoms with Crippen molar-refractivity contribution < 1.29 is 4.79 Å². The van der Waals surface area contributed by atoms with Crippen LogP contribution in [0.3, 0.4) is 0 Å². The molecule has 0 fully saturated rings. The minimum absolute atomic E-state index is 0.247. The Balaban J connectivity index is 2.23. The van der Waals surface area contributed by atoms with Crippen molar-refractivity contribution >= 4 is 29.0 Å². The fourth-order valence-electron chi connectivity index (χ4n) is 1.39. The van der Waals surface area contributed by atoms with Crippen LogP contribution in [0, 0.1) is 6.92 Å². The molecule has 1 heterocycles. The van der Waals surface area contributed by atoms with Crippen LogP contribution in [0.5, 0.6) is 0 Å². The molecule has 1 amide bonds. The number of nitrogens with zero attached hydrogens (tertiary/aromatic N) is 1. The van der Waals surface area contributed by atoms with Gasteiger partial charge in [0.15, 0.2) is 5.82 Å². The lowest BCUT2D eigenvalue weighted by molar-refractivity contribution is 0.102. The molecule has 6 heteroatoms. The number of H-pyrrole nitrogens is 1. The van der Waals surface area contributed by atoms with Gasteiger partial charge in [-0.2, -0.15) is 5.10 Å². The molecule has 0 radical (unpaired) electrons. The summed E-state index contributed by atoms with van der Waals surface area (Å²) in [5.41, 5.74) is 7.18. The molecule has 17 heavy (non-hydrogen) atoms. The van der Waals surface area contributed by atoms with Crippen molar-refractivity contribution in [2.24, 2.45) is 0 Å². The van der Waals surface area contributed by atoms with Crippen LogP contribution in [-0.2, 0) is 0 Å². The van der Waals surface area contributed by atoms with E-state index in [-0.39, 0.29) is 10.9 Å². The second kappa shape index (κ2) is 4.47. The smallest absolute Gasteiger partial charge is 0.258 e. The van der Waals surface area contributed by atoms with Crippen molar-refractivity contribution in [3.05, 3.63) is 40.5 Å². The van der Waals surface area contributed by atoms with Crippen LogP contribution < -0.4 is 11.1 Å². The summed E-state index contributed by atoms with van der Waals surface area (Å²) < 4.78 is 0. The molecule has 0 atom stereocenters. The first-order chi connectivity index (χ1) is 8.08. The molecule has 0 aliphatic heterocycles. The minimum atomic E-state index is -0.339. The molecule has 4 N–H and O–H groups in total. The Labute approximate surface area is 103 Å². The number of amides is 1. The number of benzene rings is 1. The van der Waals surface area contributed by atoms with Gasteiger partial charge in [-0.25, -0.2) is 0 Å². The number of rotatable bonds is 2. The molecule has 0 unspecified atom stereocenters. The van der Waals surface area contributed by atoms with Gasteiger partial charge in [0, 0.05) is 11.8 Å². The van der Waals surface area contributed by atoms with Crippen molar-refractivity contribution in [3.63, 3.8) is 0 Å². The molecule has 0 spiro atoms. The van der Waals surface area contributed by atoms with Crippen LogP contribution in [0.4, 0.5) is 11.5 Å². The normalized spacial score (nSPS) is 10.2. The molecular formula is C11H11ClN4O. The van der Waals surface area contributed by atoms with E-state index < -0.39 is 0 Å². The van der Waals surface area contributed by atoms with Crippen LogP contribution in [0.15, 0.2) is 24.3 Å². The fraction of sp³-hybridized carbons (Fsp3) is 0.0909. The highest BCUT2D eigenvalue weighted by molar-refractivity contribution is 6.36. The molecule has 1 aromatic heterocycles. The number of halogens is 1. The highest BCUT2D eigenvalue weighted by Gasteiger charge is 2.13. The lowest BCUT2D eigenvalue weighted by Crippen LogP contribution is -2.13. The monoisotopic (exact) mass is 250 g/mol. The van der Waals surface area contributed by atoms with E-state index in [9.17, 15) is 4.79 Å². The molecule has 0 bridgehead atoms. The Morgan fingerprint density at radius 3 is 2.94 bits per heavy atom. The number of nitrogen functional groups attached to an aromatic ring is 1. The van der Waals surface area contributed by atoms with E-state index in [2.05, 4.69) is 15.5 Å². The van der Waals surface area contributed by atoms with Crippen LogP contribution in [0.2, 0.25) is 5.02 Å². The minimum Gasteiger partial charge on any atom is -0.398 e. The number of carbonyl (C=O) groups excluding carboxylic acids is 1. The van der Waals surface area contributed by atoms with E-state index in [0.29, 0.717) is 17.1 Å². The molecule has 5 nitrogen and oxygen atoms in total. The highest BCUT2D eigenvalue weighted by Crippen LogP contribution is 2.23. The zero-order chi connectivity index (χ0) is 12.4. The number of nitrogens with one attached hydrogen (secondary N) is 2. The van der Waals surface area contributed by atoms with Crippen LogP contribution in [0.1, 0.15) is 16.1 Å². The Morgan fingerprint density at radius 2 is 2.29 bits per heavy atom. The third-order valence-corrected chi connectivity index (χ3v) is 2.64. The number of hydrogen-bond donors (Lipinski definition) is 3. The molecule has 2 aromatic rings. The van der Waals surface area contributed by atoms with Crippen molar-refractivity contribution in [2.45, 2.75) is 6.92 Å². The molecule has 0 saturated carbocycles. The Morgan fingerprint density at radius 1 is 1.53 bits per heavy atom. The molecular weight excluding hydrogens is 240 g/mol. The SMILES string of the molecule is Cc1cc(NC(=O)c2cccc(N)c2Cl)n[nH]1. The van der Waals surface area contributed by atoms with E-state index in [1.54, 1.807) is 24.3 Å². The van der Waals surface area contributed by atoms with Crippen molar-refractivity contribution in [2.75, 3.05) is 11.1 Å². The lowest BCUT2D eigenvalue weighted by Gasteiger charge is -2.05. The second-order valence-corrected chi connectivity index (χ2v) is 3.98. The largest absolute Gasteiger partial charge is 0.398 e. The van der Waals surface area contributed by atoms with Gasteiger partial charge in [-0.05, 0) is 19.1 Å². The first-order valence-corrected chi connectivity index (χ1v) is 5.33. The van der Waals surface area contributed by atoms with E-state index in [0.717, 1.165) is 5.69 Å². The van der Waals surface area contributed by atoms with Crippen LogP contribution in [0.25, 0.3) is 0 Å². The number of aryl methyl sites for hydroxylation is 1. The Hall–Kier alpha value is -2.01. The molecule has 2 rings (SSSR count). The third kappa shape index (κ3) is 2.39. The van der Waals surface area contributed by atoms with Gasteiger partial charge in [-0.3, -0.25) is 9.89 Å². The van der Waals surface area contributed by atoms with Gasteiger partial charge in [-0.15, -0.1) is 0 Å².